The Morgan fingerprint density at radius 1 is 1.09 bits per heavy atom. The van der Waals surface area contributed by atoms with Gasteiger partial charge in [0.1, 0.15) is 11.5 Å². The average molecular weight is 290 g/mol. The number of aromatic nitrogens is 1. The van der Waals surface area contributed by atoms with Crippen LogP contribution in [0.25, 0.3) is 0 Å². The van der Waals surface area contributed by atoms with Crippen molar-refractivity contribution in [3.05, 3.63) is 64.2 Å². The Bertz CT molecular complexity index is 869. The van der Waals surface area contributed by atoms with Crippen molar-refractivity contribution in [1.29, 1.82) is 5.26 Å². The molecule has 1 heterocycles. The molecule has 106 valence electrons. The van der Waals surface area contributed by atoms with Crippen molar-refractivity contribution in [1.82, 2.24) is 4.98 Å². The molecule has 1 aliphatic carbocycles. The van der Waals surface area contributed by atoms with E-state index in [0.717, 1.165) is 24.6 Å². The van der Waals surface area contributed by atoms with Crippen LogP contribution in [0.5, 0.6) is 0 Å². The van der Waals surface area contributed by atoms with Gasteiger partial charge in [-0.15, -0.1) is 0 Å². The van der Waals surface area contributed by atoms with Gasteiger partial charge in [-0.3, -0.25) is 4.79 Å². The molecule has 4 heteroatoms. The smallest absolute Gasteiger partial charge is 0.164 e. The number of carbonyl (C=O) groups excluding carboxylic acids is 1. The van der Waals surface area contributed by atoms with Gasteiger partial charge in [0, 0.05) is 17.5 Å². The molecular formula is C18H11FN2O. The van der Waals surface area contributed by atoms with Crippen molar-refractivity contribution in [3.8, 4) is 17.9 Å². The number of hydrogen-bond donors (Lipinski definition) is 0. The van der Waals surface area contributed by atoms with E-state index in [0.29, 0.717) is 23.2 Å². The fraction of sp³-hybridized carbons (Fsp3) is 0.167. The van der Waals surface area contributed by atoms with Crippen LogP contribution in [-0.2, 0) is 6.42 Å². The Hall–Kier alpha value is -2.98. The maximum atomic E-state index is 13.3. The number of aryl methyl sites for hydroxylation is 1. The van der Waals surface area contributed by atoms with Crippen LogP contribution in [0.3, 0.4) is 0 Å². The Morgan fingerprint density at radius 3 is 2.73 bits per heavy atom. The van der Waals surface area contributed by atoms with Crippen molar-refractivity contribution < 1.29 is 9.18 Å². The maximum absolute atomic E-state index is 13.3. The molecule has 0 amide bonds. The second kappa shape index (κ2) is 5.79. The number of rotatable bonds is 0. The number of nitrogens with zero attached hydrogens (tertiary/aromatic N) is 2. The molecule has 3 nitrogen and oxygen atoms in total. The topological polar surface area (TPSA) is 53.8 Å². The van der Waals surface area contributed by atoms with Gasteiger partial charge in [0.2, 0.25) is 0 Å². The normalized spacial score (nSPS) is 12.8. The lowest BCUT2D eigenvalue weighted by atomic mass is 9.94. The number of nitriles is 1. The number of ketones is 1. The van der Waals surface area contributed by atoms with Crippen LogP contribution in [0.2, 0.25) is 0 Å². The second-order valence-corrected chi connectivity index (χ2v) is 5.06. The summed E-state index contributed by atoms with van der Waals surface area (Å²) < 4.78 is 13.3. The van der Waals surface area contributed by atoms with Gasteiger partial charge >= 0.3 is 0 Å². The summed E-state index contributed by atoms with van der Waals surface area (Å²) in [5.41, 5.74) is 2.64. The molecule has 0 bridgehead atoms. The van der Waals surface area contributed by atoms with E-state index in [-0.39, 0.29) is 11.3 Å². The number of benzene rings is 1. The molecule has 0 spiro atoms. The van der Waals surface area contributed by atoms with Gasteiger partial charge in [-0.25, -0.2) is 9.37 Å². The Kier molecular flexibility index (Phi) is 3.68. The lowest BCUT2D eigenvalue weighted by molar-refractivity contribution is 0.0971. The van der Waals surface area contributed by atoms with Crippen molar-refractivity contribution in [2.75, 3.05) is 0 Å². The predicted molar refractivity (Wildman–Crippen MR) is 78.6 cm³/mol. The third-order valence-corrected chi connectivity index (χ3v) is 3.45. The molecule has 0 saturated carbocycles. The Labute approximate surface area is 127 Å². The van der Waals surface area contributed by atoms with Crippen LogP contribution in [0.15, 0.2) is 30.3 Å². The highest BCUT2D eigenvalue weighted by molar-refractivity contribution is 5.98. The molecule has 1 aliphatic rings. The van der Waals surface area contributed by atoms with E-state index >= 15 is 0 Å². The van der Waals surface area contributed by atoms with Gasteiger partial charge in [0.15, 0.2) is 5.78 Å². The van der Waals surface area contributed by atoms with E-state index < -0.39 is 5.82 Å². The highest BCUT2D eigenvalue weighted by Gasteiger charge is 2.17. The van der Waals surface area contributed by atoms with Crippen molar-refractivity contribution in [2.24, 2.45) is 0 Å². The number of Topliss-reactive ketones (excluding diaryl/α,β-unsaturated/α-hetero) is 1. The summed E-state index contributed by atoms with van der Waals surface area (Å²) in [5.74, 6) is 5.29. The van der Waals surface area contributed by atoms with E-state index in [1.54, 1.807) is 12.1 Å². The van der Waals surface area contributed by atoms with Gasteiger partial charge in [-0.1, -0.05) is 5.92 Å². The van der Waals surface area contributed by atoms with Crippen molar-refractivity contribution in [3.63, 3.8) is 0 Å². The fourth-order valence-electron chi connectivity index (χ4n) is 2.43. The van der Waals surface area contributed by atoms with Crippen LogP contribution in [-0.4, -0.2) is 10.8 Å². The summed E-state index contributed by atoms with van der Waals surface area (Å²) in [6.07, 6.45) is 2.15. The summed E-state index contributed by atoms with van der Waals surface area (Å²) in [5, 5.41) is 8.82. The first-order valence-corrected chi connectivity index (χ1v) is 6.91. The quantitative estimate of drug-likeness (QED) is 0.701. The molecule has 0 saturated heterocycles. The van der Waals surface area contributed by atoms with E-state index in [4.69, 9.17) is 5.26 Å². The summed E-state index contributed by atoms with van der Waals surface area (Å²) in [6, 6.07) is 9.30. The van der Waals surface area contributed by atoms with E-state index in [9.17, 15) is 9.18 Å². The van der Waals surface area contributed by atoms with Gasteiger partial charge in [-0.2, -0.15) is 5.26 Å². The molecule has 0 radical (unpaired) electrons. The van der Waals surface area contributed by atoms with Crippen LogP contribution in [0.1, 0.15) is 45.7 Å². The minimum atomic E-state index is -0.493. The zero-order valence-electron chi connectivity index (χ0n) is 11.7. The lowest BCUT2D eigenvalue weighted by Gasteiger charge is -2.12. The van der Waals surface area contributed by atoms with Crippen LogP contribution in [0.4, 0.5) is 4.39 Å². The molecule has 3 rings (SSSR count). The SMILES string of the molecule is N#Cc1cc(F)cc(C#Cc2ccc3c(n2)CCCC3=O)c1. The van der Waals surface area contributed by atoms with E-state index in [2.05, 4.69) is 16.8 Å². The summed E-state index contributed by atoms with van der Waals surface area (Å²) in [7, 11) is 0. The van der Waals surface area contributed by atoms with Gasteiger partial charge in [0.25, 0.3) is 0 Å². The minimum Gasteiger partial charge on any atom is -0.294 e. The lowest BCUT2D eigenvalue weighted by Crippen LogP contribution is -2.12. The molecule has 0 fully saturated rings. The highest BCUT2D eigenvalue weighted by atomic mass is 19.1. The fourth-order valence-corrected chi connectivity index (χ4v) is 2.43. The molecule has 2 aromatic rings. The first-order valence-electron chi connectivity index (χ1n) is 6.91. The molecule has 0 atom stereocenters. The third-order valence-electron chi connectivity index (χ3n) is 3.45. The largest absolute Gasteiger partial charge is 0.294 e. The molecule has 0 aliphatic heterocycles. The molecule has 1 aromatic heterocycles. The number of carbonyl (C=O) groups is 1. The van der Waals surface area contributed by atoms with Crippen LogP contribution >= 0.6 is 0 Å². The van der Waals surface area contributed by atoms with Gasteiger partial charge in [0.05, 0.1) is 17.3 Å². The van der Waals surface area contributed by atoms with Gasteiger partial charge in [-0.05, 0) is 49.1 Å². The summed E-state index contributed by atoms with van der Waals surface area (Å²) in [6.45, 7) is 0. The first kappa shape index (κ1) is 14.0. The predicted octanol–water partition coefficient (Wildman–Crippen LogP) is 3.01. The summed E-state index contributed by atoms with van der Waals surface area (Å²) in [4.78, 5) is 16.1. The van der Waals surface area contributed by atoms with Crippen molar-refractivity contribution in [2.45, 2.75) is 19.3 Å². The number of halogens is 1. The van der Waals surface area contributed by atoms with Crippen LogP contribution in [0, 0.1) is 29.0 Å². The number of pyridine rings is 1. The monoisotopic (exact) mass is 290 g/mol. The van der Waals surface area contributed by atoms with E-state index in [1.165, 1.54) is 12.1 Å². The molecule has 22 heavy (non-hydrogen) atoms. The van der Waals surface area contributed by atoms with Crippen LogP contribution < -0.4 is 0 Å². The Balaban J connectivity index is 1.93. The number of fused-ring (bicyclic) bond motifs is 1. The third kappa shape index (κ3) is 2.87. The second-order valence-electron chi connectivity index (χ2n) is 5.06. The first-order chi connectivity index (χ1) is 10.7. The molecule has 0 unspecified atom stereocenters. The standard InChI is InChI=1S/C18H11FN2O/c19-14-9-12(8-13(10-14)11-20)4-5-15-6-7-16-17(21-15)2-1-3-18(16)22/h6-10H,1-3H2. The summed E-state index contributed by atoms with van der Waals surface area (Å²) >= 11 is 0. The molecular weight excluding hydrogens is 279 g/mol. The minimum absolute atomic E-state index is 0.122. The zero-order valence-corrected chi connectivity index (χ0v) is 11.7. The van der Waals surface area contributed by atoms with Crippen molar-refractivity contribution >= 4 is 5.78 Å². The van der Waals surface area contributed by atoms with E-state index in [1.807, 2.05) is 6.07 Å². The zero-order chi connectivity index (χ0) is 15.5. The Morgan fingerprint density at radius 2 is 1.91 bits per heavy atom. The number of hydrogen-bond acceptors (Lipinski definition) is 3. The highest BCUT2D eigenvalue weighted by Crippen LogP contribution is 2.19. The average Bonchev–Trinajstić information content (AvgIpc) is 2.52. The molecule has 0 N–H and O–H groups in total. The van der Waals surface area contributed by atoms with Gasteiger partial charge < -0.3 is 0 Å². The molecule has 1 aromatic carbocycles. The maximum Gasteiger partial charge on any atom is 0.164 e.